The molecule has 0 aliphatic rings. The molecule has 5 nitrogen and oxygen atoms in total. The highest BCUT2D eigenvalue weighted by Gasteiger charge is 2.14. The minimum atomic E-state index is -0.518. The molecule has 0 bridgehead atoms. The number of ether oxygens (including phenoxy) is 2. The summed E-state index contributed by atoms with van der Waals surface area (Å²) in [6.45, 7) is -0.198. The number of esters is 1. The summed E-state index contributed by atoms with van der Waals surface area (Å²) in [5.41, 5.74) is 0.657. The Bertz CT molecular complexity index is 714. The minimum absolute atomic E-state index is 0.198. The molecule has 23 heavy (non-hydrogen) atoms. The van der Waals surface area contributed by atoms with Gasteiger partial charge >= 0.3 is 5.97 Å². The summed E-state index contributed by atoms with van der Waals surface area (Å²) in [6.07, 6.45) is 0. The molecule has 0 atom stereocenters. The molecule has 0 saturated heterocycles. The van der Waals surface area contributed by atoms with Crippen LogP contribution in [0.25, 0.3) is 0 Å². The Morgan fingerprint density at radius 2 is 1.70 bits per heavy atom. The first-order chi connectivity index (χ1) is 11.0. The second kappa shape index (κ2) is 8.12. The number of amides is 1. The van der Waals surface area contributed by atoms with Crippen molar-refractivity contribution in [1.29, 1.82) is 0 Å². The zero-order valence-electron chi connectivity index (χ0n) is 12.1. The van der Waals surface area contributed by atoms with Gasteiger partial charge in [0.15, 0.2) is 6.61 Å². The first kappa shape index (κ1) is 17.5. The van der Waals surface area contributed by atoms with Crippen LogP contribution in [0.15, 0.2) is 51.4 Å². The van der Waals surface area contributed by atoms with Crippen molar-refractivity contribution in [3.8, 4) is 5.75 Å². The van der Waals surface area contributed by atoms with Crippen molar-refractivity contribution in [3.63, 3.8) is 0 Å². The average Bonchev–Trinajstić information content (AvgIpc) is 2.54. The van der Waals surface area contributed by atoms with Gasteiger partial charge in [-0.15, -0.1) is 0 Å². The molecule has 0 spiro atoms. The number of para-hydroxylation sites is 2. The first-order valence-corrected chi connectivity index (χ1v) is 8.15. The van der Waals surface area contributed by atoms with E-state index in [0.717, 1.165) is 8.95 Å². The standard InChI is InChI=1S/C16H13Br2NO4/c1-22-16(21)10-5-2-3-8-13(10)19-14(20)9-23-15-11(17)6-4-7-12(15)18/h2-8H,9H2,1H3,(H,19,20). The van der Waals surface area contributed by atoms with E-state index in [0.29, 0.717) is 11.4 Å². The van der Waals surface area contributed by atoms with Crippen LogP contribution in [0.4, 0.5) is 5.69 Å². The van der Waals surface area contributed by atoms with Crippen LogP contribution < -0.4 is 10.1 Å². The second-order valence-electron chi connectivity index (χ2n) is 4.42. The van der Waals surface area contributed by atoms with Gasteiger partial charge in [-0.25, -0.2) is 4.79 Å². The fourth-order valence-electron chi connectivity index (χ4n) is 1.82. The van der Waals surface area contributed by atoms with E-state index in [1.807, 2.05) is 18.2 Å². The second-order valence-corrected chi connectivity index (χ2v) is 6.13. The minimum Gasteiger partial charge on any atom is -0.481 e. The van der Waals surface area contributed by atoms with Gasteiger partial charge in [-0.3, -0.25) is 4.79 Å². The van der Waals surface area contributed by atoms with E-state index in [2.05, 4.69) is 41.9 Å². The average molecular weight is 443 g/mol. The molecule has 0 saturated carbocycles. The van der Waals surface area contributed by atoms with Crippen LogP contribution in [-0.2, 0) is 9.53 Å². The normalized spacial score (nSPS) is 10.0. The molecule has 7 heteroatoms. The van der Waals surface area contributed by atoms with Gasteiger partial charge in [-0.2, -0.15) is 0 Å². The monoisotopic (exact) mass is 441 g/mol. The fourth-order valence-corrected chi connectivity index (χ4v) is 3.05. The van der Waals surface area contributed by atoms with Crippen LogP contribution in [0.5, 0.6) is 5.75 Å². The largest absolute Gasteiger partial charge is 0.481 e. The van der Waals surface area contributed by atoms with Gasteiger partial charge in [0.05, 0.1) is 27.3 Å². The molecule has 1 N–H and O–H groups in total. The molecule has 2 aromatic rings. The maximum atomic E-state index is 12.1. The zero-order chi connectivity index (χ0) is 16.8. The Balaban J connectivity index is 2.05. The molecule has 0 aliphatic carbocycles. The number of rotatable bonds is 5. The third kappa shape index (κ3) is 4.56. The molecule has 0 aliphatic heterocycles. The molecular formula is C16H13Br2NO4. The number of carbonyl (C=O) groups excluding carboxylic acids is 2. The van der Waals surface area contributed by atoms with Crippen molar-refractivity contribution in [2.75, 3.05) is 19.0 Å². The number of benzene rings is 2. The molecule has 0 fully saturated rings. The molecule has 2 aromatic carbocycles. The van der Waals surface area contributed by atoms with Crippen LogP contribution in [-0.4, -0.2) is 25.6 Å². The number of carbonyl (C=O) groups is 2. The molecule has 0 heterocycles. The Hall–Kier alpha value is -1.86. The topological polar surface area (TPSA) is 64.6 Å². The van der Waals surface area contributed by atoms with Gasteiger partial charge < -0.3 is 14.8 Å². The lowest BCUT2D eigenvalue weighted by Gasteiger charge is -2.12. The van der Waals surface area contributed by atoms with E-state index in [9.17, 15) is 9.59 Å². The van der Waals surface area contributed by atoms with Crippen LogP contribution in [0.1, 0.15) is 10.4 Å². The Kier molecular flexibility index (Phi) is 6.18. The SMILES string of the molecule is COC(=O)c1ccccc1NC(=O)COc1c(Br)cccc1Br. The van der Waals surface area contributed by atoms with Crippen molar-refractivity contribution in [1.82, 2.24) is 0 Å². The number of hydrogen-bond donors (Lipinski definition) is 1. The van der Waals surface area contributed by atoms with E-state index >= 15 is 0 Å². The molecule has 0 radical (unpaired) electrons. The van der Waals surface area contributed by atoms with E-state index in [4.69, 9.17) is 4.74 Å². The van der Waals surface area contributed by atoms with Gasteiger partial charge in [0.2, 0.25) is 0 Å². The van der Waals surface area contributed by atoms with Gasteiger partial charge in [0.25, 0.3) is 5.91 Å². The predicted molar refractivity (Wildman–Crippen MR) is 93.7 cm³/mol. The summed E-state index contributed by atoms with van der Waals surface area (Å²) in [5.74, 6) is -0.372. The number of nitrogens with one attached hydrogen (secondary N) is 1. The molecule has 2 rings (SSSR count). The summed E-state index contributed by atoms with van der Waals surface area (Å²) in [7, 11) is 1.29. The Morgan fingerprint density at radius 1 is 1.04 bits per heavy atom. The van der Waals surface area contributed by atoms with Gasteiger partial charge in [0.1, 0.15) is 5.75 Å². The summed E-state index contributed by atoms with van der Waals surface area (Å²) in [4.78, 5) is 23.7. The molecular weight excluding hydrogens is 430 g/mol. The number of anilines is 1. The van der Waals surface area contributed by atoms with E-state index in [1.165, 1.54) is 7.11 Å². The zero-order valence-corrected chi connectivity index (χ0v) is 15.3. The predicted octanol–water partition coefficient (Wildman–Crippen LogP) is 4.02. The highest BCUT2D eigenvalue weighted by molar-refractivity contribution is 9.11. The van der Waals surface area contributed by atoms with Gasteiger partial charge in [0, 0.05) is 0 Å². The van der Waals surface area contributed by atoms with Crippen molar-refractivity contribution < 1.29 is 19.1 Å². The van der Waals surface area contributed by atoms with Crippen molar-refractivity contribution in [2.24, 2.45) is 0 Å². The molecule has 120 valence electrons. The van der Waals surface area contributed by atoms with Crippen LogP contribution in [0.3, 0.4) is 0 Å². The lowest BCUT2D eigenvalue weighted by Crippen LogP contribution is -2.22. The summed E-state index contributed by atoms with van der Waals surface area (Å²) >= 11 is 6.71. The molecule has 0 unspecified atom stereocenters. The van der Waals surface area contributed by atoms with Crippen molar-refractivity contribution in [3.05, 3.63) is 57.0 Å². The third-order valence-corrected chi connectivity index (χ3v) is 4.12. The van der Waals surface area contributed by atoms with E-state index in [-0.39, 0.29) is 18.1 Å². The Labute approximate surface area is 150 Å². The third-order valence-electron chi connectivity index (χ3n) is 2.87. The molecule has 1 amide bonds. The van der Waals surface area contributed by atoms with Gasteiger partial charge in [-0.05, 0) is 56.1 Å². The Morgan fingerprint density at radius 3 is 2.35 bits per heavy atom. The van der Waals surface area contributed by atoms with Crippen molar-refractivity contribution >= 4 is 49.4 Å². The summed E-state index contributed by atoms with van der Waals surface area (Å²) in [5, 5.41) is 2.64. The smallest absolute Gasteiger partial charge is 0.339 e. The van der Waals surface area contributed by atoms with E-state index in [1.54, 1.807) is 24.3 Å². The van der Waals surface area contributed by atoms with Crippen LogP contribution in [0.2, 0.25) is 0 Å². The van der Waals surface area contributed by atoms with Crippen LogP contribution in [0, 0.1) is 0 Å². The van der Waals surface area contributed by atoms with Gasteiger partial charge in [-0.1, -0.05) is 18.2 Å². The number of methoxy groups -OCH3 is 1. The summed E-state index contributed by atoms with van der Waals surface area (Å²) < 4.78 is 11.7. The highest BCUT2D eigenvalue weighted by Crippen LogP contribution is 2.32. The first-order valence-electron chi connectivity index (χ1n) is 6.57. The maximum Gasteiger partial charge on any atom is 0.339 e. The van der Waals surface area contributed by atoms with E-state index < -0.39 is 5.97 Å². The fraction of sp³-hybridized carbons (Fsp3) is 0.125. The maximum absolute atomic E-state index is 12.1. The number of hydrogen-bond acceptors (Lipinski definition) is 4. The molecule has 0 aromatic heterocycles. The highest BCUT2D eigenvalue weighted by atomic mass is 79.9. The summed E-state index contributed by atoms with van der Waals surface area (Å²) in [6, 6.07) is 12.1. The van der Waals surface area contributed by atoms with Crippen LogP contribution >= 0.6 is 31.9 Å². The number of halogens is 2. The lowest BCUT2D eigenvalue weighted by molar-refractivity contribution is -0.118. The lowest BCUT2D eigenvalue weighted by atomic mass is 10.2. The van der Waals surface area contributed by atoms with Crippen molar-refractivity contribution in [2.45, 2.75) is 0 Å². The quantitative estimate of drug-likeness (QED) is 0.710.